The number of carbonyl (C=O) groups is 1. The predicted molar refractivity (Wildman–Crippen MR) is 86.7 cm³/mol. The molecule has 2 rings (SSSR count). The minimum absolute atomic E-state index is 0.0247. The van der Waals surface area contributed by atoms with Crippen LogP contribution in [0.5, 0.6) is 11.5 Å². The van der Waals surface area contributed by atoms with E-state index in [1.54, 1.807) is 36.4 Å². The van der Waals surface area contributed by atoms with Gasteiger partial charge in [-0.25, -0.2) is 0 Å². The van der Waals surface area contributed by atoms with Crippen molar-refractivity contribution in [3.63, 3.8) is 0 Å². The van der Waals surface area contributed by atoms with Gasteiger partial charge in [0.25, 0.3) is 5.91 Å². The van der Waals surface area contributed by atoms with Crippen molar-refractivity contribution in [1.82, 2.24) is 5.32 Å². The average Bonchev–Trinajstić information content (AvgIpc) is 2.57. The Balaban J connectivity index is 2.14. The zero-order valence-electron chi connectivity index (χ0n) is 12.3. The molecule has 0 fully saturated rings. The smallest absolute Gasteiger partial charge is 0.251 e. The van der Waals surface area contributed by atoms with E-state index in [9.17, 15) is 4.79 Å². The van der Waals surface area contributed by atoms with Crippen LogP contribution in [0.3, 0.4) is 0 Å². The molecule has 0 spiro atoms. The van der Waals surface area contributed by atoms with E-state index in [2.05, 4.69) is 5.32 Å². The van der Waals surface area contributed by atoms with Crippen LogP contribution in [-0.4, -0.2) is 24.2 Å². The van der Waals surface area contributed by atoms with Crippen molar-refractivity contribution in [1.29, 1.82) is 5.26 Å². The molecule has 0 bridgehead atoms. The van der Waals surface area contributed by atoms with Crippen LogP contribution in [0.15, 0.2) is 42.5 Å². The quantitative estimate of drug-likeness (QED) is 0.797. The van der Waals surface area contributed by atoms with Gasteiger partial charge < -0.3 is 15.2 Å². The summed E-state index contributed by atoms with van der Waals surface area (Å²) in [6.45, 7) is 0.424. The molecule has 0 atom stereocenters. The van der Waals surface area contributed by atoms with E-state index in [1.165, 1.54) is 6.07 Å². The average molecular weight is 331 g/mol. The Bertz CT molecular complexity index is 741. The van der Waals surface area contributed by atoms with Crippen LogP contribution >= 0.6 is 11.6 Å². The zero-order chi connectivity index (χ0) is 16.7. The fourth-order valence-corrected chi connectivity index (χ4v) is 2.06. The second-order valence-corrected chi connectivity index (χ2v) is 5.15. The van der Waals surface area contributed by atoms with Gasteiger partial charge >= 0.3 is 0 Å². The number of amides is 1. The molecule has 5 nitrogen and oxygen atoms in total. The highest BCUT2D eigenvalue weighted by Gasteiger charge is 2.09. The number of aliphatic hydroxyl groups excluding tert-OH is 1. The van der Waals surface area contributed by atoms with Gasteiger partial charge in [-0.05, 0) is 42.8 Å². The van der Waals surface area contributed by atoms with Gasteiger partial charge in [0.05, 0.1) is 5.56 Å². The number of nitrogens with one attached hydrogen (secondary N) is 1. The first-order chi connectivity index (χ1) is 11.1. The van der Waals surface area contributed by atoms with Crippen LogP contribution < -0.4 is 10.1 Å². The number of benzene rings is 2. The third-order valence-corrected chi connectivity index (χ3v) is 3.24. The van der Waals surface area contributed by atoms with Gasteiger partial charge in [0.2, 0.25) is 0 Å². The van der Waals surface area contributed by atoms with E-state index in [0.717, 1.165) is 0 Å². The third-order valence-electron chi connectivity index (χ3n) is 3.01. The monoisotopic (exact) mass is 330 g/mol. The maximum atomic E-state index is 12.0. The summed E-state index contributed by atoms with van der Waals surface area (Å²) in [5.41, 5.74) is 0.753. The largest absolute Gasteiger partial charge is 0.456 e. The van der Waals surface area contributed by atoms with Crippen molar-refractivity contribution in [3.8, 4) is 17.6 Å². The number of aliphatic hydroxyl groups is 1. The van der Waals surface area contributed by atoms with Gasteiger partial charge in [0.15, 0.2) is 0 Å². The minimum atomic E-state index is -0.250. The Kier molecular flexibility index (Phi) is 5.98. The Labute approximate surface area is 139 Å². The molecule has 2 aromatic carbocycles. The van der Waals surface area contributed by atoms with Crippen molar-refractivity contribution in [2.45, 2.75) is 6.42 Å². The third kappa shape index (κ3) is 4.71. The van der Waals surface area contributed by atoms with Crippen LogP contribution in [0.2, 0.25) is 5.02 Å². The number of nitrogens with zero attached hydrogens (tertiary/aromatic N) is 1. The molecule has 0 saturated carbocycles. The van der Waals surface area contributed by atoms with E-state index in [0.29, 0.717) is 40.6 Å². The van der Waals surface area contributed by atoms with E-state index >= 15 is 0 Å². The summed E-state index contributed by atoms with van der Waals surface area (Å²) in [4.78, 5) is 12.0. The van der Waals surface area contributed by atoms with Crippen LogP contribution in [0.1, 0.15) is 22.3 Å². The van der Waals surface area contributed by atoms with Gasteiger partial charge in [-0.2, -0.15) is 5.26 Å². The first-order valence-corrected chi connectivity index (χ1v) is 7.38. The molecule has 0 aliphatic carbocycles. The van der Waals surface area contributed by atoms with Gasteiger partial charge in [-0.1, -0.05) is 17.7 Å². The fourth-order valence-electron chi connectivity index (χ4n) is 1.89. The summed E-state index contributed by atoms with van der Waals surface area (Å²) in [5.74, 6) is 0.564. The lowest BCUT2D eigenvalue weighted by molar-refractivity contribution is 0.0951. The highest BCUT2D eigenvalue weighted by molar-refractivity contribution is 6.30. The second-order valence-electron chi connectivity index (χ2n) is 4.72. The molecule has 118 valence electrons. The molecule has 0 heterocycles. The lowest BCUT2D eigenvalue weighted by Crippen LogP contribution is -2.24. The van der Waals surface area contributed by atoms with Crippen molar-refractivity contribution >= 4 is 17.5 Å². The maximum Gasteiger partial charge on any atom is 0.251 e. The second kappa shape index (κ2) is 8.18. The summed E-state index contributed by atoms with van der Waals surface area (Å²) >= 11 is 5.85. The molecule has 0 aliphatic heterocycles. The van der Waals surface area contributed by atoms with Gasteiger partial charge in [-0.3, -0.25) is 4.79 Å². The van der Waals surface area contributed by atoms with Crippen molar-refractivity contribution < 1.29 is 14.6 Å². The first kappa shape index (κ1) is 16.8. The van der Waals surface area contributed by atoms with Crippen LogP contribution in [0.4, 0.5) is 0 Å². The minimum Gasteiger partial charge on any atom is -0.456 e. The normalized spacial score (nSPS) is 9.96. The molecular weight excluding hydrogens is 316 g/mol. The fraction of sp³-hybridized carbons (Fsp3) is 0.176. The predicted octanol–water partition coefficient (Wildman–Crippen LogP) is 3.12. The number of hydrogen-bond acceptors (Lipinski definition) is 4. The van der Waals surface area contributed by atoms with Gasteiger partial charge in [0, 0.05) is 23.7 Å². The summed E-state index contributed by atoms with van der Waals surface area (Å²) < 4.78 is 5.67. The summed E-state index contributed by atoms with van der Waals surface area (Å²) in [7, 11) is 0. The number of ether oxygens (including phenoxy) is 1. The van der Waals surface area contributed by atoms with Crippen LogP contribution in [-0.2, 0) is 0 Å². The Morgan fingerprint density at radius 2 is 2.13 bits per heavy atom. The molecule has 0 saturated heterocycles. The molecule has 6 heteroatoms. The zero-order valence-corrected chi connectivity index (χ0v) is 13.0. The number of halogens is 1. The standard InChI is InChI=1S/C17H15ClN2O3/c18-14-5-6-16(13(9-14)11-19)23-15-4-1-3-12(10-15)17(22)20-7-2-8-21/h1,3-6,9-10,21H,2,7-8H2,(H,20,22). The summed E-state index contributed by atoms with van der Waals surface area (Å²) in [6, 6.07) is 13.4. The van der Waals surface area contributed by atoms with Crippen molar-refractivity contribution in [2.24, 2.45) is 0 Å². The summed E-state index contributed by atoms with van der Waals surface area (Å²) in [5, 5.41) is 21.0. The molecule has 0 aliphatic rings. The van der Waals surface area contributed by atoms with Crippen LogP contribution in [0, 0.1) is 11.3 Å². The number of hydrogen-bond donors (Lipinski definition) is 2. The van der Waals surface area contributed by atoms with Crippen molar-refractivity contribution in [2.75, 3.05) is 13.2 Å². The van der Waals surface area contributed by atoms with Crippen molar-refractivity contribution in [3.05, 3.63) is 58.6 Å². The molecule has 1 amide bonds. The molecule has 23 heavy (non-hydrogen) atoms. The molecule has 2 N–H and O–H groups in total. The SMILES string of the molecule is N#Cc1cc(Cl)ccc1Oc1cccc(C(=O)NCCCO)c1. The Morgan fingerprint density at radius 3 is 2.87 bits per heavy atom. The molecule has 2 aromatic rings. The topological polar surface area (TPSA) is 82.3 Å². The number of rotatable bonds is 6. The summed E-state index contributed by atoms with van der Waals surface area (Å²) in [6.07, 6.45) is 0.498. The number of nitriles is 1. The van der Waals surface area contributed by atoms with Gasteiger partial charge in [-0.15, -0.1) is 0 Å². The molecule has 0 unspecified atom stereocenters. The Morgan fingerprint density at radius 1 is 1.30 bits per heavy atom. The van der Waals surface area contributed by atoms with E-state index in [4.69, 9.17) is 26.7 Å². The highest BCUT2D eigenvalue weighted by atomic mass is 35.5. The highest BCUT2D eigenvalue weighted by Crippen LogP contribution is 2.27. The molecule has 0 aromatic heterocycles. The Hall–Kier alpha value is -2.55. The lowest BCUT2D eigenvalue weighted by Gasteiger charge is -2.09. The van der Waals surface area contributed by atoms with E-state index in [-0.39, 0.29) is 12.5 Å². The molecular formula is C17H15ClN2O3. The maximum absolute atomic E-state index is 12.0. The molecule has 0 radical (unpaired) electrons. The van der Waals surface area contributed by atoms with Crippen LogP contribution in [0.25, 0.3) is 0 Å². The van der Waals surface area contributed by atoms with Gasteiger partial charge in [0.1, 0.15) is 17.6 Å². The number of carbonyl (C=O) groups excluding carboxylic acids is 1. The van der Waals surface area contributed by atoms with E-state index in [1.807, 2.05) is 6.07 Å². The van der Waals surface area contributed by atoms with E-state index < -0.39 is 0 Å². The lowest BCUT2D eigenvalue weighted by atomic mass is 10.2. The first-order valence-electron chi connectivity index (χ1n) is 7.00.